The lowest BCUT2D eigenvalue weighted by atomic mass is 10.1. The summed E-state index contributed by atoms with van der Waals surface area (Å²) in [5.41, 5.74) is 2.68. The Morgan fingerprint density at radius 1 is 0.923 bits per heavy atom. The number of carbonyl (C=O) groups excluding carboxylic acids is 2. The van der Waals surface area contributed by atoms with Crippen molar-refractivity contribution in [1.29, 1.82) is 0 Å². The van der Waals surface area contributed by atoms with Gasteiger partial charge in [0.1, 0.15) is 12.6 Å². The molecular formula is C30H36ClN3O4S. The average molecular weight is 570 g/mol. The van der Waals surface area contributed by atoms with E-state index in [0.29, 0.717) is 22.8 Å². The lowest BCUT2D eigenvalue weighted by molar-refractivity contribution is -0.139. The molecule has 39 heavy (non-hydrogen) atoms. The molecule has 208 valence electrons. The zero-order valence-corrected chi connectivity index (χ0v) is 24.6. The maximum absolute atomic E-state index is 14.0. The molecule has 0 radical (unpaired) electrons. The quantitative estimate of drug-likeness (QED) is 0.338. The van der Waals surface area contributed by atoms with E-state index in [0.717, 1.165) is 15.4 Å². The molecule has 0 spiro atoms. The van der Waals surface area contributed by atoms with Gasteiger partial charge in [-0.25, -0.2) is 8.42 Å². The first kappa shape index (κ1) is 30.2. The summed E-state index contributed by atoms with van der Waals surface area (Å²) in [6.07, 6.45) is 0. The van der Waals surface area contributed by atoms with E-state index in [9.17, 15) is 18.0 Å². The summed E-state index contributed by atoms with van der Waals surface area (Å²) in [5, 5.41) is 3.27. The van der Waals surface area contributed by atoms with Crippen molar-refractivity contribution in [3.05, 3.63) is 94.5 Å². The van der Waals surface area contributed by atoms with E-state index in [1.807, 2.05) is 45.0 Å². The zero-order chi connectivity index (χ0) is 28.7. The van der Waals surface area contributed by atoms with E-state index >= 15 is 0 Å². The minimum Gasteiger partial charge on any atom is -0.354 e. The summed E-state index contributed by atoms with van der Waals surface area (Å²) in [4.78, 5) is 28.5. The van der Waals surface area contributed by atoms with Gasteiger partial charge >= 0.3 is 0 Å². The van der Waals surface area contributed by atoms with Crippen molar-refractivity contribution in [2.75, 3.05) is 17.4 Å². The molecule has 0 aliphatic heterocycles. The lowest BCUT2D eigenvalue weighted by Gasteiger charge is -2.32. The summed E-state index contributed by atoms with van der Waals surface area (Å²) in [6.45, 7) is 9.39. The molecule has 0 saturated heterocycles. The third-order valence-corrected chi connectivity index (χ3v) is 8.59. The fourth-order valence-electron chi connectivity index (χ4n) is 4.14. The zero-order valence-electron chi connectivity index (χ0n) is 23.0. The number of hydrogen-bond donors (Lipinski definition) is 1. The molecule has 9 heteroatoms. The van der Waals surface area contributed by atoms with E-state index < -0.39 is 28.5 Å². The number of hydrogen-bond acceptors (Lipinski definition) is 4. The highest BCUT2D eigenvalue weighted by Crippen LogP contribution is 2.31. The molecule has 0 fully saturated rings. The summed E-state index contributed by atoms with van der Waals surface area (Å²) in [7, 11) is -4.14. The molecule has 0 aliphatic carbocycles. The number of anilines is 1. The van der Waals surface area contributed by atoms with Crippen LogP contribution in [0.2, 0.25) is 5.02 Å². The fourth-order valence-corrected chi connectivity index (χ4v) is 5.80. The number of benzene rings is 3. The van der Waals surface area contributed by atoms with Gasteiger partial charge in [-0.2, -0.15) is 0 Å². The Balaban J connectivity index is 2.04. The van der Waals surface area contributed by atoms with Crippen molar-refractivity contribution >= 4 is 39.1 Å². The van der Waals surface area contributed by atoms with Gasteiger partial charge in [-0.1, -0.05) is 79.5 Å². The molecule has 0 unspecified atom stereocenters. The monoisotopic (exact) mass is 569 g/mol. The average Bonchev–Trinajstić information content (AvgIpc) is 2.90. The molecule has 3 aromatic carbocycles. The second-order valence-corrected chi connectivity index (χ2v) is 12.3. The SMILES string of the molecule is Cc1cccc(CN(C(=O)CN(c2cccc(Cl)c2C)S(=O)(=O)c2ccccc2)[C@H](C)C(=O)NCC(C)C)c1. The summed E-state index contributed by atoms with van der Waals surface area (Å²) in [5.74, 6) is -0.580. The number of carbonyl (C=O) groups is 2. The predicted octanol–water partition coefficient (Wildman–Crippen LogP) is 5.34. The second-order valence-electron chi connectivity index (χ2n) is 10.0. The van der Waals surface area contributed by atoms with Gasteiger partial charge in [0.25, 0.3) is 10.0 Å². The van der Waals surface area contributed by atoms with Crippen molar-refractivity contribution in [2.24, 2.45) is 5.92 Å². The van der Waals surface area contributed by atoms with Gasteiger partial charge in [-0.3, -0.25) is 13.9 Å². The Morgan fingerprint density at radius 2 is 1.59 bits per heavy atom. The molecule has 0 aliphatic rings. The number of nitrogens with one attached hydrogen (secondary N) is 1. The number of aryl methyl sites for hydroxylation is 1. The fraction of sp³-hybridized carbons (Fsp3) is 0.333. The van der Waals surface area contributed by atoms with Crippen LogP contribution in [0, 0.1) is 19.8 Å². The van der Waals surface area contributed by atoms with Crippen molar-refractivity contribution in [1.82, 2.24) is 10.2 Å². The summed E-state index contributed by atoms with van der Waals surface area (Å²) in [6, 6.07) is 19.7. The van der Waals surface area contributed by atoms with Crippen molar-refractivity contribution in [2.45, 2.75) is 52.1 Å². The molecule has 0 aromatic heterocycles. The maximum Gasteiger partial charge on any atom is 0.264 e. The van der Waals surface area contributed by atoms with Crippen LogP contribution in [0.3, 0.4) is 0 Å². The molecule has 0 saturated carbocycles. The van der Waals surface area contributed by atoms with E-state index in [1.165, 1.54) is 17.0 Å². The minimum atomic E-state index is -4.14. The van der Waals surface area contributed by atoms with Gasteiger partial charge in [0.15, 0.2) is 0 Å². The first-order valence-electron chi connectivity index (χ1n) is 12.9. The van der Waals surface area contributed by atoms with Gasteiger partial charge in [0.2, 0.25) is 11.8 Å². The number of nitrogens with zero attached hydrogens (tertiary/aromatic N) is 2. The number of rotatable bonds is 11. The molecule has 7 nitrogen and oxygen atoms in total. The highest BCUT2D eigenvalue weighted by molar-refractivity contribution is 7.92. The smallest absolute Gasteiger partial charge is 0.264 e. The molecule has 3 rings (SSSR count). The van der Waals surface area contributed by atoms with Crippen LogP contribution in [-0.2, 0) is 26.2 Å². The minimum absolute atomic E-state index is 0.0464. The molecule has 0 heterocycles. The van der Waals surface area contributed by atoms with Crippen LogP contribution in [0.25, 0.3) is 0 Å². The third-order valence-electron chi connectivity index (χ3n) is 6.41. The lowest BCUT2D eigenvalue weighted by Crippen LogP contribution is -2.51. The third kappa shape index (κ3) is 7.61. The van der Waals surface area contributed by atoms with Crippen molar-refractivity contribution < 1.29 is 18.0 Å². The molecule has 1 atom stereocenters. The highest BCUT2D eigenvalue weighted by atomic mass is 35.5. The molecule has 0 bridgehead atoms. The van der Waals surface area contributed by atoms with Crippen LogP contribution in [0.5, 0.6) is 0 Å². The summed E-state index contributed by atoms with van der Waals surface area (Å²) < 4.78 is 28.8. The van der Waals surface area contributed by atoms with Crippen LogP contribution in [0.4, 0.5) is 5.69 Å². The highest BCUT2D eigenvalue weighted by Gasteiger charge is 2.33. The Hall–Kier alpha value is -3.36. The predicted molar refractivity (Wildman–Crippen MR) is 156 cm³/mol. The van der Waals surface area contributed by atoms with E-state index in [-0.39, 0.29) is 23.3 Å². The van der Waals surface area contributed by atoms with Gasteiger partial charge in [0, 0.05) is 18.1 Å². The maximum atomic E-state index is 14.0. The number of sulfonamides is 1. The number of halogens is 1. The first-order chi connectivity index (χ1) is 18.4. The van der Waals surface area contributed by atoms with Crippen LogP contribution in [0.15, 0.2) is 77.7 Å². The Kier molecular flexibility index (Phi) is 10.2. The Morgan fingerprint density at radius 3 is 2.23 bits per heavy atom. The second kappa shape index (κ2) is 13.1. The van der Waals surface area contributed by atoms with Crippen LogP contribution in [-0.4, -0.2) is 44.3 Å². The Labute approximate surface area is 236 Å². The molecular weight excluding hydrogens is 534 g/mol. The first-order valence-corrected chi connectivity index (χ1v) is 14.7. The largest absolute Gasteiger partial charge is 0.354 e. The van der Waals surface area contributed by atoms with Gasteiger partial charge in [-0.05, 0) is 62.1 Å². The van der Waals surface area contributed by atoms with Crippen molar-refractivity contribution in [3.63, 3.8) is 0 Å². The normalized spacial score (nSPS) is 12.2. The standard InChI is InChI=1S/C30H36ClN3O4S/c1-21(2)18-32-30(36)24(5)33(19-25-12-9-11-22(3)17-25)29(35)20-34(28-16-10-15-27(31)23(28)4)39(37,38)26-13-7-6-8-14-26/h6-17,21,24H,18-20H2,1-5H3,(H,32,36)/t24-/m1/s1. The van der Waals surface area contributed by atoms with E-state index in [2.05, 4.69) is 5.32 Å². The Bertz CT molecular complexity index is 1410. The van der Waals surface area contributed by atoms with Crippen LogP contribution < -0.4 is 9.62 Å². The van der Waals surface area contributed by atoms with Gasteiger partial charge < -0.3 is 10.2 Å². The molecule has 3 aromatic rings. The van der Waals surface area contributed by atoms with Crippen molar-refractivity contribution in [3.8, 4) is 0 Å². The number of amides is 2. The molecule has 1 N–H and O–H groups in total. The van der Waals surface area contributed by atoms with Crippen LogP contribution in [0.1, 0.15) is 37.5 Å². The van der Waals surface area contributed by atoms with Gasteiger partial charge in [-0.15, -0.1) is 0 Å². The molecule has 2 amide bonds. The summed E-state index contributed by atoms with van der Waals surface area (Å²) >= 11 is 6.36. The van der Waals surface area contributed by atoms with E-state index in [1.54, 1.807) is 50.2 Å². The topological polar surface area (TPSA) is 86.8 Å². The van der Waals surface area contributed by atoms with Gasteiger partial charge in [0.05, 0.1) is 10.6 Å². The van der Waals surface area contributed by atoms with E-state index in [4.69, 9.17) is 11.6 Å². The van der Waals surface area contributed by atoms with Crippen LogP contribution >= 0.6 is 11.6 Å².